The van der Waals surface area contributed by atoms with Gasteiger partial charge in [-0.1, -0.05) is 24.3 Å². The van der Waals surface area contributed by atoms with Gasteiger partial charge in [-0.3, -0.25) is 15.0 Å². The van der Waals surface area contributed by atoms with Crippen molar-refractivity contribution in [3.8, 4) is 5.75 Å². The molecule has 0 spiro atoms. The van der Waals surface area contributed by atoms with Crippen molar-refractivity contribution in [1.29, 1.82) is 5.41 Å². The molecule has 0 bridgehead atoms. The van der Waals surface area contributed by atoms with E-state index in [2.05, 4.69) is 10.0 Å². The molecule has 34 heavy (non-hydrogen) atoms. The lowest BCUT2D eigenvalue weighted by molar-refractivity contribution is -0.137. The van der Waals surface area contributed by atoms with E-state index in [1.807, 2.05) is 0 Å². The molecule has 0 unspecified atom stereocenters. The van der Waals surface area contributed by atoms with Crippen LogP contribution < -0.4 is 20.5 Å². The molecule has 2 amide bonds. The fourth-order valence-corrected chi connectivity index (χ4v) is 4.87. The number of methoxy groups -OCH3 is 1. The zero-order chi connectivity index (χ0) is 24.9. The summed E-state index contributed by atoms with van der Waals surface area (Å²) in [5.41, 5.74) is 7.52. The summed E-state index contributed by atoms with van der Waals surface area (Å²) in [4.78, 5) is 26.9. The van der Waals surface area contributed by atoms with E-state index >= 15 is 0 Å². The number of likely N-dealkylation sites (tertiary alicyclic amines) is 1. The Morgan fingerprint density at radius 2 is 1.91 bits per heavy atom. The van der Waals surface area contributed by atoms with Gasteiger partial charge in [0.1, 0.15) is 17.6 Å². The Labute approximate surface area is 199 Å². The predicted octanol–water partition coefficient (Wildman–Crippen LogP) is 0.873. The summed E-state index contributed by atoms with van der Waals surface area (Å²) >= 11 is 0. The summed E-state index contributed by atoms with van der Waals surface area (Å²) < 4.78 is 32.7. The van der Waals surface area contributed by atoms with Crippen LogP contribution in [0.3, 0.4) is 0 Å². The third-order valence-corrected chi connectivity index (χ3v) is 7.10. The average molecular weight is 488 g/mol. The molecule has 2 aromatic rings. The highest BCUT2D eigenvalue weighted by atomic mass is 32.2. The van der Waals surface area contributed by atoms with E-state index in [1.165, 1.54) is 24.1 Å². The fraction of sp³-hybridized carbons (Fsp3) is 0.348. The number of carbonyl (C=O) groups is 2. The third kappa shape index (κ3) is 5.91. The number of nitrogens with one attached hydrogen (secondary N) is 3. The molecule has 0 saturated carbocycles. The summed E-state index contributed by atoms with van der Waals surface area (Å²) in [6.07, 6.45) is 1.16. The van der Waals surface area contributed by atoms with E-state index < -0.39 is 28.5 Å². The van der Waals surface area contributed by atoms with Crippen LogP contribution in [0.2, 0.25) is 0 Å². The van der Waals surface area contributed by atoms with Gasteiger partial charge in [0, 0.05) is 18.7 Å². The number of sulfonamides is 1. The van der Waals surface area contributed by atoms with Crippen LogP contribution in [0, 0.1) is 12.3 Å². The van der Waals surface area contributed by atoms with E-state index in [-0.39, 0.29) is 23.2 Å². The first-order valence-electron chi connectivity index (χ1n) is 10.8. The molecule has 0 aromatic heterocycles. The van der Waals surface area contributed by atoms with Gasteiger partial charge in [0.05, 0.1) is 18.6 Å². The first-order chi connectivity index (χ1) is 16.1. The Morgan fingerprint density at radius 3 is 2.53 bits per heavy atom. The van der Waals surface area contributed by atoms with E-state index in [9.17, 15) is 18.0 Å². The van der Waals surface area contributed by atoms with Crippen molar-refractivity contribution in [1.82, 2.24) is 14.9 Å². The van der Waals surface area contributed by atoms with Crippen LogP contribution in [0.5, 0.6) is 5.75 Å². The second-order valence-corrected chi connectivity index (χ2v) is 9.80. The van der Waals surface area contributed by atoms with Gasteiger partial charge in [-0.2, -0.15) is 0 Å². The minimum absolute atomic E-state index is 0.0325. The number of benzene rings is 2. The van der Waals surface area contributed by atoms with Crippen molar-refractivity contribution < 1.29 is 22.7 Å². The average Bonchev–Trinajstić information content (AvgIpc) is 3.31. The maximum absolute atomic E-state index is 12.7. The Balaban J connectivity index is 1.57. The monoisotopic (exact) mass is 487 g/mol. The van der Waals surface area contributed by atoms with Crippen LogP contribution in [0.4, 0.5) is 0 Å². The molecule has 1 fully saturated rings. The van der Waals surface area contributed by atoms with Gasteiger partial charge in [-0.05, 0) is 49.1 Å². The predicted molar refractivity (Wildman–Crippen MR) is 127 cm³/mol. The molecule has 2 aromatic carbocycles. The minimum Gasteiger partial charge on any atom is -0.496 e. The first kappa shape index (κ1) is 25.2. The van der Waals surface area contributed by atoms with E-state index in [0.29, 0.717) is 36.3 Å². The molecule has 1 aliphatic heterocycles. The van der Waals surface area contributed by atoms with Crippen molar-refractivity contribution >= 4 is 27.7 Å². The molecule has 11 heteroatoms. The molecular formula is C23H29N5O5S. The summed E-state index contributed by atoms with van der Waals surface area (Å²) in [7, 11) is -2.40. The Morgan fingerprint density at radius 1 is 1.21 bits per heavy atom. The lowest BCUT2D eigenvalue weighted by atomic mass is 10.1. The van der Waals surface area contributed by atoms with Crippen LogP contribution in [-0.4, -0.2) is 57.2 Å². The largest absolute Gasteiger partial charge is 0.496 e. The number of hydrogen-bond acceptors (Lipinski definition) is 6. The molecule has 1 atom stereocenters. The van der Waals surface area contributed by atoms with Gasteiger partial charge in [0.15, 0.2) is 0 Å². The maximum atomic E-state index is 12.7. The highest BCUT2D eigenvalue weighted by Gasteiger charge is 2.34. The van der Waals surface area contributed by atoms with Gasteiger partial charge >= 0.3 is 0 Å². The highest BCUT2D eigenvalue weighted by Crippen LogP contribution is 2.22. The second kappa shape index (κ2) is 10.7. The summed E-state index contributed by atoms with van der Waals surface area (Å²) in [6.45, 7) is 1.93. The lowest BCUT2D eigenvalue weighted by Crippen LogP contribution is -2.48. The van der Waals surface area contributed by atoms with Crippen LogP contribution in [0.1, 0.15) is 29.5 Å². The molecule has 182 valence electrons. The number of ether oxygens (including phenoxy) is 1. The van der Waals surface area contributed by atoms with Crippen molar-refractivity contribution in [2.75, 3.05) is 20.2 Å². The number of carbonyl (C=O) groups excluding carboxylic acids is 2. The smallest absolute Gasteiger partial charge is 0.243 e. The summed E-state index contributed by atoms with van der Waals surface area (Å²) in [5.74, 6) is -0.225. The quantitative estimate of drug-likeness (QED) is 0.304. The summed E-state index contributed by atoms with van der Waals surface area (Å²) in [6, 6.07) is 10.7. The molecule has 5 N–H and O–H groups in total. The zero-order valence-corrected chi connectivity index (χ0v) is 19.9. The van der Waals surface area contributed by atoms with Crippen LogP contribution in [-0.2, 0) is 26.2 Å². The zero-order valence-electron chi connectivity index (χ0n) is 19.1. The number of amidine groups is 1. The molecule has 1 aliphatic rings. The van der Waals surface area contributed by atoms with E-state index in [4.69, 9.17) is 15.9 Å². The second-order valence-electron chi connectivity index (χ2n) is 8.03. The Kier molecular flexibility index (Phi) is 7.90. The summed E-state index contributed by atoms with van der Waals surface area (Å²) in [5, 5.41) is 10.2. The van der Waals surface area contributed by atoms with Crippen molar-refractivity contribution in [3.05, 3.63) is 59.2 Å². The molecule has 10 nitrogen and oxygen atoms in total. The van der Waals surface area contributed by atoms with Gasteiger partial charge < -0.3 is 20.7 Å². The number of nitrogen functional groups attached to an aromatic ring is 1. The first-order valence-corrected chi connectivity index (χ1v) is 12.3. The Bertz CT molecular complexity index is 1180. The standard InChI is InChI=1S/C23H29N5O5S/c1-15-12-18(9-10-20(15)33-2)34(31,32)27-14-21(29)28-11-3-4-19(28)23(30)26-13-16-5-7-17(8-6-16)22(24)25/h5-10,12,19,27H,3-4,11,13-14H2,1-2H3,(H3,24,25)(H,26,30)/t19-/m0/s1. The molecule has 0 radical (unpaired) electrons. The number of rotatable bonds is 9. The van der Waals surface area contributed by atoms with E-state index in [1.54, 1.807) is 37.3 Å². The normalized spacial score (nSPS) is 15.7. The Hall–Kier alpha value is -3.44. The number of amides is 2. The molecular weight excluding hydrogens is 458 g/mol. The third-order valence-electron chi connectivity index (χ3n) is 5.70. The van der Waals surface area contributed by atoms with Gasteiger partial charge in [-0.25, -0.2) is 13.1 Å². The van der Waals surface area contributed by atoms with Gasteiger partial charge in [0.2, 0.25) is 21.8 Å². The van der Waals surface area contributed by atoms with Crippen molar-refractivity contribution in [2.45, 2.75) is 37.2 Å². The van der Waals surface area contributed by atoms with Gasteiger partial charge in [-0.15, -0.1) is 0 Å². The van der Waals surface area contributed by atoms with Crippen LogP contribution >= 0.6 is 0 Å². The van der Waals surface area contributed by atoms with Gasteiger partial charge in [0.25, 0.3) is 0 Å². The fourth-order valence-electron chi connectivity index (χ4n) is 3.81. The SMILES string of the molecule is COc1ccc(S(=O)(=O)NCC(=O)N2CCC[C@H]2C(=O)NCc2ccc(C(=N)N)cc2)cc1C. The number of nitrogens with zero attached hydrogens (tertiary/aromatic N) is 1. The topological polar surface area (TPSA) is 155 Å². The van der Waals surface area contributed by atoms with Crippen LogP contribution in [0.25, 0.3) is 0 Å². The molecule has 3 rings (SSSR count). The number of nitrogens with two attached hydrogens (primary N) is 1. The lowest BCUT2D eigenvalue weighted by Gasteiger charge is -2.24. The molecule has 1 heterocycles. The van der Waals surface area contributed by atoms with E-state index in [0.717, 1.165) is 5.56 Å². The maximum Gasteiger partial charge on any atom is 0.243 e. The number of hydrogen-bond donors (Lipinski definition) is 4. The molecule has 0 aliphatic carbocycles. The molecule has 1 saturated heterocycles. The van der Waals surface area contributed by atoms with Crippen LogP contribution in [0.15, 0.2) is 47.4 Å². The van der Waals surface area contributed by atoms with Crippen molar-refractivity contribution in [2.24, 2.45) is 5.73 Å². The van der Waals surface area contributed by atoms with Crippen molar-refractivity contribution in [3.63, 3.8) is 0 Å². The number of aryl methyl sites for hydroxylation is 1. The highest BCUT2D eigenvalue weighted by molar-refractivity contribution is 7.89. The minimum atomic E-state index is -3.90.